The Labute approximate surface area is 195 Å². The zero-order valence-corrected chi connectivity index (χ0v) is 19.0. The molecule has 0 fully saturated rings. The van der Waals surface area contributed by atoms with Gasteiger partial charge in [-0.15, -0.1) is 0 Å². The molecule has 2 amide bonds. The molecule has 0 saturated carbocycles. The van der Waals surface area contributed by atoms with Crippen LogP contribution in [0.2, 0.25) is 0 Å². The number of hydrogen-bond donors (Lipinski definition) is 3. The van der Waals surface area contributed by atoms with E-state index < -0.39 is 0 Å². The van der Waals surface area contributed by atoms with Crippen molar-refractivity contribution in [1.29, 1.82) is 0 Å². The number of anilines is 3. The molecule has 3 aromatic carbocycles. The van der Waals surface area contributed by atoms with E-state index in [9.17, 15) is 9.59 Å². The molecule has 0 atom stereocenters. The van der Waals surface area contributed by atoms with Gasteiger partial charge in [0.1, 0.15) is 5.75 Å². The quantitative estimate of drug-likeness (QED) is 0.322. The zero-order valence-electron chi connectivity index (χ0n) is 19.0. The highest BCUT2D eigenvalue weighted by Crippen LogP contribution is 2.18. The predicted octanol–water partition coefficient (Wildman–Crippen LogP) is 5.49. The summed E-state index contributed by atoms with van der Waals surface area (Å²) < 4.78 is 5.68. The zero-order chi connectivity index (χ0) is 23.3. The highest BCUT2D eigenvalue weighted by atomic mass is 16.5. The van der Waals surface area contributed by atoms with Crippen LogP contribution in [0.5, 0.6) is 5.75 Å². The molecule has 0 saturated heterocycles. The van der Waals surface area contributed by atoms with E-state index in [4.69, 9.17) is 4.74 Å². The summed E-state index contributed by atoms with van der Waals surface area (Å²) in [7, 11) is 0. The lowest BCUT2D eigenvalue weighted by Crippen LogP contribution is -2.21. The summed E-state index contributed by atoms with van der Waals surface area (Å²) in [5.41, 5.74) is 3.36. The van der Waals surface area contributed by atoms with Crippen LogP contribution in [0.15, 0.2) is 78.9 Å². The van der Waals surface area contributed by atoms with Gasteiger partial charge in [0.25, 0.3) is 0 Å². The van der Waals surface area contributed by atoms with Crippen molar-refractivity contribution in [2.45, 2.75) is 32.6 Å². The minimum atomic E-state index is -0.154. The second kappa shape index (κ2) is 12.9. The number of benzene rings is 3. The number of nitrogens with one attached hydrogen (secondary N) is 3. The molecule has 3 rings (SSSR count). The second-order valence-electron chi connectivity index (χ2n) is 7.74. The number of unbranched alkanes of at least 4 members (excludes halogenated alkanes) is 1. The van der Waals surface area contributed by atoms with Gasteiger partial charge in [-0.2, -0.15) is 0 Å². The third-order valence-electron chi connectivity index (χ3n) is 4.99. The highest BCUT2D eigenvalue weighted by Gasteiger charge is 2.06. The molecule has 0 heterocycles. The van der Waals surface area contributed by atoms with E-state index in [0.717, 1.165) is 35.5 Å². The first-order valence-electron chi connectivity index (χ1n) is 11.3. The molecule has 172 valence electrons. The maximum Gasteiger partial charge on any atom is 0.243 e. The Balaban J connectivity index is 1.40. The van der Waals surface area contributed by atoms with Gasteiger partial charge in [0.2, 0.25) is 11.8 Å². The predicted molar refractivity (Wildman–Crippen MR) is 134 cm³/mol. The molecular formula is C27H31N3O3. The Morgan fingerprint density at radius 1 is 0.788 bits per heavy atom. The highest BCUT2D eigenvalue weighted by molar-refractivity contribution is 5.94. The minimum absolute atomic E-state index is 0.0279. The second-order valence-corrected chi connectivity index (χ2v) is 7.74. The average molecular weight is 446 g/mol. The van der Waals surface area contributed by atoms with Crippen molar-refractivity contribution in [2.75, 3.05) is 29.1 Å². The van der Waals surface area contributed by atoms with E-state index in [-0.39, 0.29) is 18.4 Å². The lowest BCUT2D eigenvalue weighted by molar-refractivity contribution is -0.116. The normalized spacial score (nSPS) is 10.3. The van der Waals surface area contributed by atoms with Crippen LogP contribution < -0.4 is 20.7 Å². The van der Waals surface area contributed by atoms with Crippen LogP contribution >= 0.6 is 0 Å². The molecule has 0 radical (unpaired) electrons. The molecule has 0 bridgehead atoms. The van der Waals surface area contributed by atoms with Crippen molar-refractivity contribution in [3.8, 4) is 5.75 Å². The monoisotopic (exact) mass is 445 g/mol. The van der Waals surface area contributed by atoms with Crippen LogP contribution in [0.3, 0.4) is 0 Å². The fourth-order valence-electron chi connectivity index (χ4n) is 3.18. The van der Waals surface area contributed by atoms with E-state index in [1.54, 1.807) is 0 Å². The van der Waals surface area contributed by atoms with Gasteiger partial charge in [-0.3, -0.25) is 9.59 Å². The van der Waals surface area contributed by atoms with Gasteiger partial charge in [0.15, 0.2) is 0 Å². The first kappa shape index (κ1) is 23.9. The topological polar surface area (TPSA) is 79.5 Å². The molecule has 0 aliphatic carbocycles. The first-order chi connectivity index (χ1) is 16.1. The number of ether oxygens (including phenoxy) is 1. The van der Waals surface area contributed by atoms with Crippen LogP contribution in [-0.2, 0) is 16.0 Å². The third-order valence-corrected chi connectivity index (χ3v) is 4.99. The number of rotatable bonds is 12. The van der Waals surface area contributed by atoms with Crippen molar-refractivity contribution in [3.05, 3.63) is 84.4 Å². The SMILES string of the molecule is CCCCOc1cccc(NC(=O)CNc2ccc(NC(=O)CCc3ccccc3)cc2)c1. The summed E-state index contributed by atoms with van der Waals surface area (Å²) >= 11 is 0. The molecule has 33 heavy (non-hydrogen) atoms. The minimum Gasteiger partial charge on any atom is -0.494 e. The van der Waals surface area contributed by atoms with Crippen molar-refractivity contribution < 1.29 is 14.3 Å². The van der Waals surface area contributed by atoms with Gasteiger partial charge in [-0.25, -0.2) is 0 Å². The molecule has 0 aliphatic rings. The Hall–Kier alpha value is -3.80. The fourth-order valence-corrected chi connectivity index (χ4v) is 3.18. The summed E-state index contributed by atoms with van der Waals surface area (Å²) in [5, 5.41) is 8.86. The van der Waals surface area contributed by atoms with Crippen LogP contribution in [0.25, 0.3) is 0 Å². The number of carbonyl (C=O) groups is 2. The number of amides is 2. The smallest absolute Gasteiger partial charge is 0.243 e. The standard InChI is InChI=1S/C27H31N3O3/c1-2-3-18-33-25-11-7-10-24(19-25)30-27(32)20-28-22-13-15-23(16-14-22)29-26(31)17-12-21-8-5-4-6-9-21/h4-11,13-16,19,28H,2-3,12,17-18,20H2,1H3,(H,29,31)(H,30,32). The van der Waals surface area contributed by atoms with Gasteiger partial charge >= 0.3 is 0 Å². The van der Waals surface area contributed by atoms with Gasteiger partial charge in [0, 0.05) is 29.5 Å². The maximum absolute atomic E-state index is 12.3. The third kappa shape index (κ3) is 8.69. The summed E-state index contributed by atoms with van der Waals surface area (Å²) in [6.07, 6.45) is 3.20. The van der Waals surface area contributed by atoms with Gasteiger partial charge in [0.05, 0.1) is 13.2 Å². The Morgan fingerprint density at radius 2 is 1.52 bits per heavy atom. The Bertz CT molecular complexity index is 1020. The molecular weight excluding hydrogens is 414 g/mol. The number of hydrogen-bond acceptors (Lipinski definition) is 4. The van der Waals surface area contributed by atoms with Crippen molar-refractivity contribution in [1.82, 2.24) is 0 Å². The lowest BCUT2D eigenvalue weighted by atomic mass is 10.1. The van der Waals surface area contributed by atoms with Crippen LogP contribution in [0.1, 0.15) is 31.7 Å². The van der Waals surface area contributed by atoms with E-state index in [2.05, 4.69) is 22.9 Å². The van der Waals surface area contributed by atoms with E-state index >= 15 is 0 Å². The van der Waals surface area contributed by atoms with Crippen molar-refractivity contribution in [3.63, 3.8) is 0 Å². The molecule has 6 nitrogen and oxygen atoms in total. The summed E-state index contributed by atoms with van der Waals surface area (Å²) in [6.45, 7) is 2.91. The van der Waals surface area contributed by atoms with E-state index in [0.29, 0.717) is 25.1 Å². The molecule has 0 unspecified atom stereocenters. The van der Waals surface area contributed by atoms with E-state index in [1.807, 2.05) is 78.9 Å². The summed E-state index contributed by atoms with van der Waals surface area (Å²) in [4.78, 5) is 24.5. The molecule has 0 spiro atoms. The van der Waals surface area contributed by atoms with Crippen molar-refractivity contribution in [2.24, 2.45) is 0 Å². The maximum atomic E-state index is 12.3. The largest absolute Gasteiger partial charge is 0.494 e. The van der Waals surface area contributed by atoms with Crippen LogP contribution in [0, 0.1) is 0 Å². The molecule has 3 aromatic rings. The molecule has 6 heteroatoms. The van der Waals surface area contributed by atoms with Crippen LogP contribution in [0.4, 0.5) is 17.1 Å². The fraction of sp³-hybridized carbons (Fsp3) is 0.259. The number of carbonyl (C=O) groups excluding carboxylic acids is 2. The van der Waals surface area contributed by atoms with Gasteiger partial charge in [-0.1, -0.05) is 49.7 Å². The Kier molecular flexibility index (Phi) is 9.33. The molecule has 3 N–H and O–H groups in total. The Morgan fingerprint density at radius 3 is 2.27 bits per heavy atom. The summed E-state index contributed by atoms with van der Waals surface area (Å²) in [5.74, 6) is 0.564. The van der Waals surface area contributed by atoms with E-state index in [1.165, 1.54) is 0 Å². The van der Waals surface area contributed by atoms with Gasteiger partial charge < -0.3 is 20.7 Å². The van der Waals surface area contributed by atoms with Crippen LogP contribution in [-0.4, -0.2) is 25.0 Å². The average Bonchev–Trinajstić information content (AvgIpc) is 2.83. The van der Waals surface area contributed by atoms with Gasteiger partial charge in [-0.05, 0) is 54.8 Å². The molecule has 0 aliphatic heterocycles. The lowest BCUT2D eigenvalue weighted by Gasteiger charge is -2.11. The first-order valence-corrected chi connectivity index (χ1v) is 11.3. The summed E-state index contributed by atoms with van der Waals surface area (Å²) in [6, 6.07) is 24.6. The molecule has 0 aromatic heterocycles. The van der Waals surface area contributed by atoms with Crippen molar-refractivity contribution >= 4 is 28.9 Å². The number of aryl methyl sites for hydroxylation is 1.